The molecule has 0 aliphatic heterocycles. The number of H-pyrrole nitrogens is 1. The maximum Gasteiger partial charge on any atom is 0.191 e. The summed E-state index contributed by atoms with van der Waals surface area (Å²) >= 11 is 0. The molecule has 0 saturated heterocycles. The Morgan fingerprint density at radius 2 is 1.89 bits per heavy atom. The Kier molecular flexibility index (Phi) is 8.72. The van der Waals surface area contributed by atoms with E-state index in [-0.39, 0.29) is 36.1 Å². The first-order chi connectivity index (χ1) is 13.2. The molecule has 0 saturated carbocycles. The van der Waals surface area contributed by atoms with Crippen molar-refractivity contribution in [3.05, 3.63) is 71.7 Å². The summed E-state index contributed by atoms with van der Waals surface area (Å²) in [7, 11) is 0. The van der Waals surface area contributed by atoms with E-state index in [0.29, 0.717) is 19.0 Å². The molecular weight excluding hydrogens is 470 g/mol. The molecule has 4 N–H and O–H groups in total. The Bertz CT molecular complexity index is 912. The van der Waals surface area contributed by atoms with Crippen molar-refractivity contribution in [2.24, 2.45) is 4.99 Å². The normalized spacial score (nSPS) is 12.5. The number of aromatic amines is 1. The maximum absolute atomic E-state index is 13.8. The molecule has 0 spiro atoms. The quantitative estimate of drug-likeness (QED) is 0.229. The van der Waals surface area contributed by atoms with Crippen molar-refractivity contribution in [2.75, 3.05) is 19.6 Å². The van der Waals surface area contributed by atoms with Gasteiger partial charge in [0.2, 0.25) is 0 Å². The SMILES string of the molecule is CCNC(=NCC(O)c1ccccc1F)NCCc1c[nH]c2ccccc12.I. The van der Waals surface area contributed by atoms with Crippen LogP contribution in [0, 0.1) is 5.82 Å². The molecule has 1 atom stereocenters. The van der Waals surface area contributed by atoms with Crippen LogP contribution < -0.4 is 10.6 Å². The van der Waals surface area contributed by atoms with Gasteiger partial charge in [0.1, 0.15) is 11.9 Å². The van der Waals surface area contributed by atoms with E-state index in [0.717, 1.165) is 11.9 Å². The number of aliphatic hydroxyl groups excluding tert-OH is 1. The minimum Gasteiger partial charge on any atom is -0.386 e. The van der Waals surface area contributed by atoms with E-state index in [1.54, 1.807) is 18.2 Å². The van der Waals surface area contributed by atoms with Crippen LogP contribution in [0.5, 0.6) is 0 Å². The van der Waals surface area contributed by atoms with Crippen LogP contribution in [-0.4, -0.2) is 35.7 Å². The fourth-order valence-corrected chi connectivity index (χ4v) is 3.02. The van der Waals surface area contributed by atoms with E-state index in [4.69, 9.17) is 0 Å². The fraction of sp³-hybridized carbons (Fsp3) is 0.286. The van der Waals surface area contributed by atoms with Gasteiger partial charge in [0, 0.05) is 35.8 Å². The number of nitrogens with zero attached hydrogens (tertiary/aromatic N) is 1. The van der Waals surface area contributed by atoms with Gasteiger partial charge >= 0.3 is 0 Å². The Morgan fingerprint density at radius 1 is 1.14 bits per heavy atom. The third kappa shape index (κ3) is 5.68. The zero-order valence-electron chi connectivity index (χ0n) is 15.8. The average molecular weight is 496 g/mol. The molecule has 5 nitrogen and oxygen atoms in total. The summed E-state index contributed by atoms with van der Waals surface area (Å²) in [5.74, 6) is 0.185. The molecule has 1 unspecified atom stereocenters. The van der Waals surface area contributed by atoms with Crippen molar-refractivity contribution < 1.29 is 9.50 Å². The molecule has 1 heterocycles. The van der Waals surface area contributed by atoms with Crippen molar-refractivity contribution in [3.8, 4) is 0 Å². The molecule has 150 valence electrons. The molecule has 1 aromatic heterocycles. The lowest BCUT2D eigenvalue weighted by molar-refractivity contribution is 0.182. The highest BCUT2D eigenvalue weighted by Crippen LogP contribution is 2.18. The maximum atomic E-state index is 13.8. The summed E-state index contributed by atoms with van der Waals surface area (Å²) in [6.45, 7) is 3.46. The van der Waals surface area contributed by atoms with Crippen molar-refractivity contribution in [1.82, 2.24) is 15.6 Å². The number of aliphatic imine (C=N–C) groups is 1. The number of rotatable bonds is 7. The third-order valence-electron chi connectivity index (χ3n) is 4.39. The molecule has 0 aliphatic carbocycles. The van der Waals surface area contributed by atoms with Crippen molar-refractivity contribution in [3.63, 3.8) is 0 Å². The van der Waals surface area contributed by atoms with Gasteiger partial charge < -0.3 is 20.7 Å². The van der Waals surface area contributed by atoms with Gasteiger partial charge in [-0.1, -0.05) is 36.4 Å². The number of para-hydroxylation sites is 1. The van der Waals surface area contributed by atoms with Gasteiger partial charge in [-0.05, 0) is 31.0 Å². The minimum absolute atomic E-state index is 0. The summed E-state index contributed by atoms with van der Waals surface area (Å²) in [6.07, 6.45) is 1.89. The van der Waals surface area contributed by atoms with Gasteiger partial charge in [0.15, 0.2) is 5.96 Å². The zero-order valence-corrected chi connectivity index (χ0v) is 18.1. The third-order valence-corrected chi connectivity index (χ3v) is 4.39. The van der Waals surface area contributed by atoms with Gasteiger partial charge in [-0.3, -0.25) is 4.99 Å². The second-order valence-corrected chi connectivity index (χ2v) is 6.29. The lowest BCUT2D eigenvalue weighted by Gasteiger charge is -2.13. The van der Waals surface area contributed by atoms with Crippen LogP contribution in [0.2, 0.25) is 0 Å². The first-order valence-corrected chi connectivity index (χ1v) is 9.18. The summed E-state index contributed by atoms with van der Waals surface area (Å²) in [5, 5.41) is 17.8. The average Bonchev–Trinajstić information content (AvgIpc) is 3.09. The lowest BCUT2D eigenvalue weighted by atomic mass is 10.1. The van der Waals surface area contributed by atoms with Crippen LogP contribution in [0.25, 0.3) is 10.9 Å². The van der Waals surface area contributed by atoms with Crippen molar-refractivity contribution in [1.29, 1.82) is 0 Å². The first-order valence-electron chi connectivity index (χ1n) is 9.18. The minimum atomic E-state index is -0.977. The molecular formula is C21H26FIN4O. The predicted molar refractivity (Wildman–Crippen MR) is 123 cm³/mol. The summed E-state index contributed by atoms with van der Waals surface area (Å²) in [4.78, 5) is 7.65. The van der Waals surface area contributed by atoms with Gasteiger partial charge in [0.25, 0.3) is 0 Å². The van der Waals surface area contributed by atoms with Gasteiger partial charge in [-0.25, -0.2) is 4.39 Å². The molecule has 3 rings (SSSR count). The number of halogens is 2. The zero-order chi connectivity index (χ0) is 19.1. The number of aromatic nitrogens is 1. The smallest absolute Gasteiger partial charge is 0.191 e. The number of nitrogens with one attached hydrogen (secondary N) is 3. The molecule has 0 bridgehead atoms. The molecule has 0 fully saturated rings. The highest BCUT2D eigenvalue weighted by atomic mass is 127. The van der Waals surface area contributed by atoms with Crippen LogP contribution in [0.4, 0.5) is 4.39 Å². The summed E-state index contributed by atoms with van der Waals surface area (Å²) < 4.78 is 13.8. The summed E-state index contributed by atoms with van der Waals surface area (Å²) in [6, 6.07) is 14.4. The highest BCUT2D eigenvalue weighted by Gasteiger charge is 2.12. The predicted octanol–water partition coefficient (Wildman–Crippen LogP) is 3.76. The Hall–Kier alpha value is -2.13. The van der Waals surface area contributed by atoms with E-state index in [1.807, 2.05) is 25.3 Å². The molecule has 0 amide bonds. The number of benzene rings is 2. The second kappa shape index (κ2) is 11.0. The number of hydrogen-bond acceptors (Lipinski definition) is 2. The Morgan fingerprint density at radius 3 is 2.68 bits per heavy atom. The molecule has 0 aliphatic rings. The van der Waals surface area contributed by atoms with Gasteiger partial charge in [0.05, 0.1) is 6.54 Å². The van der Waals surface area contributed by atoms with E-state index >= 15 is 0 Å². The van der Waals surface area contributed by atoms with E-state index in [2.05, 4.69) is 32.7 Å². The van der Waals surface area contributed by atoms with Crippen LogP contribution in [0.15, 0.2) is 59.7 Å². The van der Waals surface area contributed by atoms with Crippen LogP contribution in [-0.2, 0) is 6.42 Å². The topological polar surface area (TPSA) is 72.4 Å². The number of hydrogen-bond donors (Lipinski definition) is 4. The first kappa shape index (κ1) is 22.2. The van der Waals surface area contributed by atoms with Gasteiger partial charge in [-0.2, -0.15) is 0 Å². The Labute approximate surface area is 181 Å². The van der Waals surface area contributed by atoms with Crippen molar-refractivity contribution in [2.45, 2.75) is 19.4 Å². The second-order valence-electron chi connectivity index (χ2n) is 6.29. The van der Waals surface area contributed by atoms with E-state index in [9.17, 15) is 9.50 Å². The van der Waals surface area contributed by atoms with Gasteiger partial charge in [-0.15, -0.1) is 24.0 Å². The molecule has 7 heteroatoms. The van der Waals surface area contributed by atoms with Crippen molar-refractivity contribution >= 4 is 40.8 Å². The lowest BCUT2D eigenvalue weighted by Crippen LogP contribution is -2.38. The Balaban J connectivity index is 0.00000280. The van der Waals surface area contributed by atoms with Crippen LogP contribution in [0.3, 0.4) is 0 Å². The van der Waals surface area contributed by atoms with Crippen LogP contribution >= 0.6 is 24.0 Å². The molecule has 3 aromatic rings. The highest BCUT2D eigenvalue weighted by molar-refractivity contribution is 14.0. The number of aliphatic hydroxyl groups is 1. The largest absolute Gasteiger partial charge is 0.386 e. The molecule has 2 aromatic carbocycles. The number of fused-ring (bicyclic) bond motifs is 1. The standard InChI is InChI=1S/C21H25FN4O.HI/c1-2-23-21(26-14-20(27)17-8-3-5-9-18(17)22)24-12-11-15-13-25-19-10-6-4-7-16(15)19;/h3-10,13,20,25,27H,2,11-12,14H2,1H3,(H2,23,24,26);1H. The van der Waals surface area contributed by atoms with Crippen LogP contribution in [0.1, 0.15) is 24.2 Å². The summed E-state index contributed by atoms with van der Waals surface area (Å²) in [5.41, 5.74) is 2.62. The monoisotopic (exact) mass is 496 g/mol. The van der Waals surface area contributed by atoms with E-state index < -0.39 is 11.9 Å². The molecule has 28 heavy (non-hydrogen) atoms. The molecule has 0 radical (unpaired) electrons. The van der Waals surface area contributed by atoms with E-state index in [1.165, 1.54) is 17.0 Å². The fourth-order valence-electron chi connectivity index (χ4n) is 3.02. The number of guanidine groups is 1.